The van der Waals surface area contributed by atoms with Crippen molar-refractivity contribution in [3.63, 3.8) is 0 Å². The molecule has 0 spiro atoms. The molecule has 0 saturated carbocycles. The van der Waals surface area contributed by atoms with Crippen molar-refractivity contribution in [3.05, 3.63) is 65.7 Å². The standard InChI is InChI=1S/C27H34N2O5/c1-3-33-23-12-13-25(24(20-23)26(30)31)29(27(32)34-4-2)17-9-8-16-28-18-14-22(15-19-28)21-10-6-5-7-11-21/h5-7,10-14,20H,3-4,8-9,15-19H2,1-2H3,(H,30,31). The summed E-state index contributed by atoms with van der Waals surface area (Å²) in [7, 11) is 0. The lowest BCUT2D eigenvalue weighted by atomic mass is 9.99. The molecule has 182 valence electrons. The van der Waals surface area contributed by atoms with Crippen molar-refractivity contribution in [1.29, 1.82) is 0 Å². The molecule has 1 aliphatic heterocycles. The van der Waals surface area contributed by atoms with Crippen molar-refractivity contribution in [2.45, 2.75) is 33.1 Å². The molecule has 0 saturated heterocycles. The Morgan fingerprint density at radius 2 is 1.85 bits per heavy atom. The molecule has 1 aliphatic rings. The Balaban J connectivity index is 1.60. The zero-order valence-corrected chi connectivity index (χ0v) is 20.0. The molecule has 7 heteroatoms. The number of amides is 1. The average molecular weight is 467 g/mol. The van der Waals surface area contributed by atoms with Gasteiger partial charge in [0.2, 0.25) is 0 Å². The molecule has 3 rings (SSSR count). The van der Waals surface area contributed by atoms with E-state index in [0.717, 1.165) is 38.9 Å². The fraction of sp³-hybridized carbons (Fsp3) is 0.407. The van der Waals surface area contributed by atoms with Crippen LogP contribution in [0.2, 0.25) is 0 Å². The van der Waals surface area contributed by atoms with E-state index in [-0.39, 0.29) is 12.2 Å². The summed E-state index contributed by atoms with van der Waals surface area (Å²) in [5, 5.41) is 9.72. The van der Waals surface area contributed by atoms with E-state index in [9.17, 15) is 14.7 Å². The second-order valence-corrected chi connectivity index (χ2v) is 8.12. The molecule has 0 bridgehead atoms. The van der Waals surface area contributed by atoms with Gasteiger partial charge < -0.3 is 14.6 Å². The first kappa shape index (κ1) is 25.3. The van der Waals surface area contributed by atoms with Gasteiger partial charge in [0.05, 0.1) is 24.5 Å². The predicted octanol–water partition coefficient (Wildman–Crippen LogP) is 5.32. The highest BCUT2D eigenvalue weighted by Crippen LogP contribution is 2.27. The van der Waals surface area contributed by atoms with Gasteiger partial charge in [0, 0.05) is 19.6 Å². The van der Waals surface area contributed by atoms with Crippen LogP contribution in [-0.2, 0) is 4.74 Å². The third-order valence-electron chi connectivity index (χ3n) is 5.83. The summed E-state index contributed by atoms with van der Waals surface area (Å²) in [4.78, 5) is 28.4. The Labute approximate surface area is 201 Å². The largest absolute Gasteiger partial charge is 0.494 e. The van der Waals surface area contributed by atoms with E-state index in [0.29, 0.717) is 24.6 Å². The number of hydrogen-bond donors (Lipinski definition) is 1. The molecule has 0 radical (unpaired) electrons. The fourth-order valence-corrected chi connectivity index (χ4v) is 4.12. The summed E-state index contributed by atoms with van der Waals surface area (Å²) >= 11 is 0. The molecular formula is C27H34N2O5. The van der Waals surface area contributed by atoms with Crippen LogP contribution in [0.4, 0.5) is 10.5 Å². The fourth-order valence-electron chi connectivity index (χ4n) is 4.12. The van der Waals surface area contributed by atoms with Gasteiger partial charge in [-0.1, -0.05) is 36.4 Å². The number of carbonyl (C=O) groups is 2. The summed E-state index contributed by atoms with van der Waals surface area (Å²) in [6.45, 7) is 7.44. The second-order valence-electron chi connectivity index (χ2n) is 8.12. The van der Waals surface area contributed by atoms with Crippen LogP contribution in [0, 0.1) is 0 Å². The van der Waals surface area contributed by atoms with Gasteiger partial charge in [0.25, 0.3) is 0 Å². The van der Waals surface area contributed by atoms with E-state index in [1.165, 1.54) is 22.1 Å². The van der Waals surface area contributed by atoms with Gasteiger partial charge in [0.1, 0.15) is 5.75 Å². The highest BCUT2D eigenvalue weighted by atomic mass is 16.6. The van der Waals surface area contributed by atoms with E-state index in [2.05, 4.69) is 35.2 Å². The van der Waals surface area contributed by atoms with Crippen LogP contribution in [0.25, 0.3) is 5.57 Å². The van der Waals surface area contributed by atoms with Crippen LogP contribution in [0.3, 0.4) is 0 Å². The molecule has 0 aliphatic carbocycles. The molecule has 0 fully saturated rings. The molecule has 1 amide bonds. The van der Waals surface area contributed by atoms with E-state index in [4.69, 9.17) is 9.47 Å². The van der Waals surface area contributed by atoms with E-state index < -0.39 is 12.1 Å². The first-order chi connectivity index (χ1) is 16.5. The van der Waals surface area contributed by atoms with E-state index >= 15 is 0 Å². The second kappa shape index (κ2) is 12.8. The third kappa shape index (κ3) is 6.84. The number of rotatable bonds is 11. The number of carbonyl (C=O) groups excluding carboxylic acids is 1. The van der Waals surface area contributed by atoms with E-state index in [1.807, 2.05) is 13.0 Å². The van der Waals surface area contributed by atoms with Crippen LogP contribution >= 0.6 is 0 Å². The molecule has 0 aromatic heterocycles. The number of carboxylic acids is 1. The Morgan fingerprint density at radius 1 is 1.06 bits per heavy atom. The van der Waals surface area contributed by atoms with Crippen molar-refractivity contribution in [2.24, 2.45) is 0 Å². The number of carboxylic acid groups (broad SMARTS) is 1. The van der Waals surface area contributed by atoms with Gasteiger partial charge >= 0.3 is 12.1 Å². The van der Waals surface area contributed by atoms with Gasteiger partial charge in [-0.05, 0) is 69.0 Å². The molecule has 2 aromatic rings. The zero-order valence-electron chi connectivity index (χ0n) is 20.0. The predicted molar refractivity (Wildman–Crippen MR) is 134 cm³/mol. The average Bonchev–Trinajstić information content (AvgIpc) is 2.85. The van der Waals surface area contributed by atoms with Crippen LogP contribution in [-0.4, -0.2) is 61.5 Å². The van der Waals surface area contributed by atoms with Gasteiger partial charge in [0.15, 0.2) is 0 Å². The number of nitrogens with zero attached hydrogens (tertiary/aromatic N) is 2. The lowest BCUT2D eigenvalue weighted by Gasteiger charge is -2.27. The Kier molecular flexibility index (Phi) is 9.52. The Morgan fingerprint density at radius 3 is 2.50 bits per heavy atom. The number of aromatic carboxylic acids is 1. The van der Waals surface area contributed by atoms with Crippen LogP contribution < -0.4 is 9.64 Å². The third-order valence-corrected chi connectivity index (χ3v) is 5.83. The van der Waals surface area contributed by atoms with Crippen LogP contribution in [0.15, 0.2) is 54.6 Å². The minimum absolute atomic E-state index is 0.0219. The Bertz CT molecular complexity index is 990. The SMILES string of the molecule is CCOC(=O)N(CCCCN1CC=C(c2ccccc2)CC1)c1ccc(OCC)cc1C(=O)O. The number of ether oxygens (including phenoxy) is 2. The van der Waals surface area contributed by atoms with E-state index in [1.54, 1.807) is 19.1 Å². The van der Waals surface area contributed by atoms with Crippen molar-refractivity contribution < 1.29 is 24.2 Å². The molecule has 0 unspecified atom stereocenters. The van der Waals surface area contributed by atoms with Crippen molar-refractivity contribution in [1.82, 2.24) is 4.90 Å². The van der Waals surface area contributed by atoms with Crippen LogP contribution in [0.5, 0.6) is 5.75 Å². The molecule has 1 heterocycles. The lowest BCUT2D eigenvalue weighted by molar-refractivity contribution is 0.0697. The van der Waals surface area contributed by atoms with Gasteiger partial charge in [-0.15, -0.1) is 0 Å². The maximum atomic E-state index is 12.7. The number of unbranched alkanes of at least 4 members (excludes halogenated alkanes) is 1. The first-order valence-corrected chi connectivity index (χ1v) is 11.9. The smallest absolute Gasteiger partial charge is 0.414 e. The molecule has 34 heavy (non-hydrogen) atoms. The topological polar surface area (TPSA) is 79.3 Å². The molecule has 1 N–H and O–H groups in total. The van der Waals surface area contributed by atoms with Gasteiger partial charge in [-0.3, -0.25) is 9.80 Å². The van der Waals surface area contributed by atoms with Crippen molar-refractivity contribution in [3.8, 4) is 5.75 Å². The molecular weight excluding hydrogens is 432 g/mol. The summed E-state index contributed by atoms with van der Waals surface area (Å²) in [6.07, 6.45) is 4.40. The molecule has 7 nitrogen and oxygen atoms in total. The summed E-state index contributed by atoms with van der Waals surface area (Å²) in [6, 6.07) is 15.2. The molecule has 0 atom stereocenters. The highest BCUT2D eigenvalue weighted by Gasteiger charge is 2.23. The number of anilines is 1. The zero-order chi connectivity index (χ0) is 24.3. The minimum atomic E-state index is -1.11. The van der Waals surface area contributed by atoms with Crippen LogP contribution in [0.1, 0.15) is 49.0 Å². The number of hydrogen-bond acceptors (Lipinski definition) is 5. The normalized spacial score (nSPS) is 13.8. The van der Waals surface area contributed by atoms with Crippen molar-refractivity contribution >= 4 is 23.3 Å². The summed E-state index contributed by atoms with van der Waals surface area (Å²) < 4.78 is 10.6. The molecule has 2 aromatic carbocycles. The number of benzene rings is 2. The van der Waals surface area contributed by atoms with Gasteiger partial charge in [-0.2, -0.15) is 0 Å². The minimum Gasteiger partial charge on any atom is -0.494 e. The van der Waals surface area contributed by atoms with Gasteiger partial charge in [-0.25, -0.2) is 9.59 Å². The Hall–Kier alpha value is -3.32. The maximum absolute atomic E-state index is 12.7. The lowest BCUT2D eigenvalue weighted by Crippen LogP contribution is -2.35. The van der Waals surface area contributed by atoms with Crippen molar-refractivity contribution in [2.75, 3.05) is 44.3 Å². The summed E-state index contributed by atoms with van der Waals surface area (Å²) in [5.41, 5.74) is 3.02. The highest BCUT2D eigenvalue weighted by molar-refractivity contribution is 6.00. The quantitative estimate of drug-likeness (QED) is 0.452. The maximum Gasteiger partial charge on any atom is 0.414 e. The monoisotopic (exact) mass is 466 g/mol. The first-order valence-electron chi connectivity index (χ1n) is 11.9. The summed E-state index contributed by atoms with van der Waals surface area (Å²) in [5.74, 6) is -0.652.